The van der Waals surface area contributed by atoms with Crippen LogP contribution in [0.4, 0.5) is 0 Å². The van der Waals surface area contributed by atoms with E-state index in [1.807, 2.05) is 12.1 Å². The summed E-state index contributed by atoms with van der Waals surface area (Å²) in [5, 5.41) is 14.3. The number of aromatic carboxylic acids is 1. The molecule has 2 aromatic carbocycles. The molecule has 21 heavy (non-hydrogen) atoms. The minimum absolute atomic E-state index is 0.0926. The highest BCUT2D eigenvalue weighted by atomic mass is 16.4. The molecule has 3 aromatic rings. The second kappa shape index (κ2) is 7.05. The molecule has 0 bridgehead atoms. The fraction of sp³-hybridized carbons (Fsp3) is 0.0588. The Labute approximate surface area is 123 Å². The molecule has 3 rings (SSSR count). The largest absolute Gasteiger partial charge is 0.476 e. The normalized spacial score (nSPS) is 9.57. The number of hydrogen-bond donors (Lipinski definition) is 2. The number of nitrogens with zero attached hydrogens (tertiary/aromatic N) is 1. The SMILES string of the molecule is Cc1c[nH]nc1C(=O)O.c1ccc(-c2ccccc2)cc1. The number of aryl methyl sites for hydroxylation is 1. The van der Waals surface area contributed by atoms with E-state index in [4.69, 9.17) is 5.11 Å². The lowest BCUT2D eigenvalue weighted by molar-refractivity contribution is 0.0689. The smallest absolute Gasteiger partial charge is 0.356 e. The summed E-state index contributed by atoms with van der Waals surface area (Å²) < 4.78 is 0. The zero-order valence-corrected chi connectivity index (χ0v) is 11.7. The van der Waals surface area contributed by atoms with Crippen LogP contribution in [0.5, 0.6) is 0 Å². The molecular formula is C17H16N2O2. The molecule has 0 unspecified atom stereocenters. The van der Waals surface area contributed by atoms with Crippen LogP contribution in [0.1, 0.15) is 16.1 Å². The van der Waals surface area contributed by atoms with Crippen molar-refractivity contribution in [2.75, 3.05) is 0 Å². The van der Waals surface area contributed by atoms with Crippen molar-refractivity contribution in [1.29, 1.82) is 0 Å². The van der Waals surface area contributed by atoms with Crippen LogP contribution in [0.15, 0.2) is 66.9 Å². The van der Waals surface area contributed by atoms with E-state index in [-0.39, 0.29) is 5.69 Å². The van der Waals surface area contributed by atoms with Gasteiger partial charge in [0.1, 0.15) is 0 Å². The summed E-state index contributed by atoms with van der Waals surface area (Å²) in [5.41, 5.74) is 3.30. The van der Waals surface area contributed by atoms with Crippen molar-refractivity contribution in [3.63, 3.8) is 0 Å². The number of carbonyl (C=O) groups is 1. The first kappa shape index (κ1) is 14.5. The van der Waals surface area contributed by atoms with Crippen LogP contribution in [0.3, 0.4) is 0 Å². The monoisotopic (exact) mass is 280 g/mol. The van der Waals surface area contributed by atoms with Gasteiger partial charge in [-0.3, -0.25) is 5.10 Å². The maximum Gasteiger partial charge on any atom is 0.356 e. The number of carboxylic acids is 1. The average molecular weight is 280 g/mol. The highest BCUT2D eigenvalue weighted by Crippen LogP contribution is 2.17. The minimum atomic E-state index is -0.992. The molecule has 4 heteroatoms. The van der Waals surface area contributed by atoms with Crippen molar-refractivity contribution >= 4 is 5.97 Å². The van der Waals surface area contributed by atoms with Crippen LogP contribution in [-0.4, -0.2) is 21.3 Å². The summed E-state index contributed by atoms with van der Waals surface area (Å²) in [5.74, 6) is -0.992. The fourth-order valence-corrected chi connectivity index (χ4v) is 1.83. The predicted molar refractivity (Wildman–Crippen MR) is 82.2 cm³/mol. The van der Waals surface area contributed by atoms with Gasteiger partial charge in [-0.15, -0.1) is 0 Å². The topological polar surface area (TPSA) is 66.0 Å². The van der Waals surface area contributed by atoms with Crippen molar-refractivity contribution in [2.24, 2.45) is 0 Å². The van der Waals surface area contributed by atoms with Crippen LogP contribution >= 0.6 is 0 Å². The highest BCUT2D eigenvalue weighted by Gasteiger charge is 2.07. The highest BCUT2D eigenvalue weighted by molar-refractivity contribution is 5.86. The molecule has 0 saturated heterocycles. The van der Waals surface area contributed by atoms with Gasteiger partial charge in [-0.1, -0.05) is 60.7 Å². The van der Waals surface area contributed by atoms with E-state index in [0.717, 1.165) is 0 Å². The summed E-state index contributed by atoms with van der Waals surface area (Å²) in [7, 11) is 0. The molecule has 0 aliphatic heterocycles. The molecule has 0 aliphatic carbocycles. The van der Waals surface area contributed by atoms with Crippen molar-refractivity contribution in [3.8, 4) is 11.1 Å². The second-order valence-corrected chi connectivity index (χ2v) is 4.45. The fourth-order valence-electron chi connectivity index (χ4n) is 1.83. The third kappa shape index (κ3) is 4.04. The Balaban J connectivity index is 0.000000161. The molecule has 1 aromatic heterocycles. The summed E-state index contributed by atoms with van der Waals surface area (Å²) in [6.45, 7) is 1.69. The number of carboxylic acid groups (broad SMARTS) is 1. The molecule has 0 amide bonds. The van der Waals surface area contributed by atoms with Crippen LogP contribution in [0.25, 0.3) is 11.1 Å². The molecule has 4 nitrogen and oxygen atoms in total. The molecule has 0 atom stereocenters. The standard InChI is InChI=1S/C12H10.C5H6N2O2/c1-3-7-11(8-4-1)12-9-5-2-6-10-12;1-3-2-6-7-4(3)5(8)9/h1-10H;2H,1H3,(H,6,7)(H,8,9). The number of rotatable bonds is 2. The molecule has 0 fully saturated rings. The lowest BCUT2D eigenvalue weighted by atomic mass is 10.1. The Kier molecular flexibility index (Phi) is 4.88. The number of aromatic amines is 1. The van der Waals surface area contributed by atoms with E-state index < -0.39 is 5.97 Å². The van der Waals surface area contributed by atoms with Crippen molar-refractivity contribution in [1.82, 2.24) is 10.2 Å². The molecule has 0 spiro atoms. The predicted octanol–water partition coefficient (Wildman–Crippen LogP) is 3.77. The number of benzene rings is 2. The van der Waals surface area contributed by atoms with Gasteiger partial charge in [0.05, 0.1) is 0 Å². The Bertz CT molecular complexity index is 654. The number of nitrogens with one attached hydrogen (secondary N) is 1. The Morgan fingerprint density at radius 1 is 0.952 bits per heavy atom. The number of hydrogen-bond acceptors (Lipinski definition) is 2. The van der Waals surface area contributed by atoms with Crippen molar-refractivity contribution in [3.05, 3.63) is 78.1 Å². The van der Waals surface area contributed by atoms with E-state index in [1.54, 1.807) is 13.1 Å². The molecule has 0 radical (unpaired) electrons. The van der Waals surface area contributed by atoms with Gasteiger partial charge in [0.15, 0.2) is 5.69 Å². The molecular weight excluding hydrogens is 264 g/mol. The van der Waals surface area contributed by atoms with Gasteiger partial charge in [0.2, 0.25) is 0 Å². The van der Waals surface area contributed by atoms with Gasteiger partial charge in [-0.25, -0.2) is 4.79 Å². The quantitative estimate of drug-likeness (QED) is 0.751. The average Bonchev–Trinajstić information content (AvgIpc) is 2.96. The first-order chi connectivity index (χ1) is 10.2. The molecule has 0 saturated carbocycles. The third-order valence-corrected chi connectivity index (χ3v) is 2.91. The molecule has 2 N–H and O–H groups in total. The zero-order chi connectivity index (χ0) is 15.1. The maximum absolute atomic E-state index is 10.2. The van der Waals surface area contributed by atoms with E-state index in [9.17, 15) is 4.79 Å². The first-order valence-electron chi connectivity index (χ1n) is 6.52. The van der Waals surface area contributed by atoms with E-state index >= 15 is 0 Å². The van der Waals surface area contributed by atoms with Gasteiger partial charge in [-0.05, 0) is 18.1 Å². The summed E-state index contributed by atoms with van der Waals surface area (Å²) in [4.78, 5) is 10.2. The van der Waals surface area contributed by atoms with E-state index in [1.165, 1.54) is 11.1 Å². The number of H-pyrrole nitrogens is 1. The minimum Gasteiger partial charge on any atom is -0.476 e. The lowest BCUT2D eigenvalue weighted by Gasteiger charge is -1.98. The first-order valence-corrected chi connectivity index (χ1v) is 6.52. The molecule has 0 aliphatic rings. The van der Waals surface area contributed by atoms with Crippen LogP contribution in [-0.2, 0) is 0 Å². The van der Waals surface area contributed by atoms with Crippen LogP contribution in [0, 0.1) is 6.92 Å². The summed E-state index contributed by atoms with van der Waals surface area (Å²) >= 11 is 0. The summed E-state index contributed by atoms with van der Waals surface area (Å²) in [6.07, 6.45) is 1.55. The Hall–Kier alpha value is -2.88. The molecule has 106 valence electrons. The Morgan fingerprint density at radius 3 is 1.71 bits per heavy atom. The van der Waals surface area contributed by atoms with Gasteiger partial charge in [-0.2, -0.15) is 5.10 Å². The lowest BCUT2D eigenvalue weighted by Crippen LogP contribution is -1.98. The number of aromatic nitrogens is 2. The van der Waals surface area contributed by atoms with Crippen molar-refractivity contribution in [2.45, 2.75) is 6.92 Å². The Morgan fingerprint density at radius 2 is 1.43 bits per heavy atom. The van der Waals surface area contributed by atoms with E-state index in [0.29, 0.717) is 5.56 Å². The third-order valence-electron chi connectivity index (χ3n) is 2.91. The van der Waals surface area contributed by atoms with Crippen LogP contribution < -0.4 is 0 Å². The second-order valence-electron chi connectivity index (χ2n) is 4.45. The van der Waals surface area contributed by atoms with Gasteiger partial charge in [0, 0.05) is 11.8 Å². The zero-order valence-electron chi connectivity index (χ0n) is 11.7. The van der Waals surface area contributed by atoms with Crippen molar-refractivity contribution < 1.29 is 9.90 Å². The summed E-state index contributed by atoms with van der Waals surface area (Å²) in [6, 6.07) is 20.8. The van der Waals surface area contributed by atoms with Gasteiger partial charge in [0.25, 0.3) is 0 Å². The van der Waals surface area contributed by atoms with E-state index in [2.05, 4.69) is 58.7 Å². The van der Waals surface area contributed by atoms with Gasteiger partial charge < -0.3 is 5.11 Å². The maximum atomic E-state index is 10.2. The molecule has 1 heterocycles. The van der Waals surface area contributed by atoms with Gasteiger partial charge >= 0.3 is 5.97 Å². The van der Waals surface area contributed by atoms with Crippen LogP contribution in [0.2, 0.25) is 0 Å².